The van der Waals surface area contributed by atoms with Gasteiger partial charge in [0.15, 0.2) is 0 Å². The summed E-state index contributed by atoms with van der Waals surface area (Å²) in [6, 6.07) is 78.7. The highest BCUT2D eigenvalue weighted by Crippen LogP contribution is 2.54. The molecule has 0 fully saturated rings. The lowest BCUT2D eigenvalue weighted by Gasteiger charge is -2.43. The zero-order valence-electron chi connectivity index (χ0n) is 44.7. The van der Waals surface area contributed by atoms with Crippen molar-refractivity contribution in [3.8, 4) is 43.1 Å². The maximum absolute atomic E-state index is 2.68. The zero-order chi connectivity index (χ0) is 52.8. The van der Waals surface area contributed by atoms with Crippen LogP contribution < -0.4 is 26.2 Å². The van der Waals surface area contributed by atoms with Crippen molar-refractivity contribution < 1.29 is 0 Å². The molecule has 4 aromatic heterocycles. The molecule has 15 rings (SSSR count). The summed E-state index contributed by atoms with van der Waals surface area (Å²) in [5.41, 5.74) is 20.1. The van der Waals surface area contributed by atoms with Crippen molar-refractivity contribution in [2.45, 2.75) is 59.3 Å². The summed E-state index contributed by atoms with van der Waals surface area (Å²) >= 11 is 7.66. The number of benzene rings is 9. The number of nitrogens with zero attached hydrogens (tertiary/aromatic N) is 2. The van der Waals surface area contributed by atoms with Crippen molar-refractivity contribution in [1.82, 2.24) is 0 Å². The standard InChI is InChI=1S/C71H55BN2S4/c1-42-34-57-67-58(35-42)74(56-31-27-48(37-52(56)44-20-12-9-13-21-44)64-39-46-23-15-17-25-60(46)76-64)69-66(54-41-50(71(5,6)7)29-33-62(54)78-69)72(67)65-53-40-49(70(2,3)4)28-32-61(53)77-68(65)73(57)55-30-26-47(36-51(55)43-18-10-8-11-19-43)63-38-45-22-14-16-24-59(45)75-63/h8-41H,1-7H3. The number of hydrogen-bond acceptors (Lipinski definition) is 6. The van der Waals surface area contributed by atoms with Crippen LogP contribution in [0.4, 0.5) is 32.8 Å². The molecule has 13 aromatic rings. The molecule has 6 heterocycles. The van der Waals surface area contributed by atoms with E-state index in [9.17, 15) is 0 Å². The van der Waals surface area contributed by atoms with Crippen molar-refractivity contribution in [3.63, 3.8) is 0 Å². The van der Waals surface area contributed by atoms with Gasteiger partial charge in [-0.05, 0) is 167 Å². The molecule has 0 saturated carbocycles. The SMILES string of the molecule is Cc1cc2c3c(c1)N(c1ccc(-c4cc5ccccc5s4)cc1-c1ccccc1)c1sc4ccc(C(C)(C)C)cc4c1B3c1c(sc3ccc(C(C)(C)C)cc13)N2c1ccc(-c2cc3ccccc3s2)cc1-c1ccccc1. The third-order valence-corrected chi connectivity index (χ3v) is 20.9. The summed E-state index contributed by atoms with van der Waals surface area (Å²) < 4.78 is 5.24. The first-order chi connectivity index (χ1) is 37.8. The van der Waals surface area contributed by atoms with E-state index in [0.29, 0.717) is 0 Å². The van der Waals surface area contributed by atoms with Gasteiger partial charge in [-0.2, -0.15) is 0 Å². The lowest BCUT2D eigenvalue weighted by molar-refractivity contribution is 0.591. The van der Waals surface area contributed by atoms with Crippen molar-refractivity contribution >= 4 is 142 Å². The van der Waals surface area contributed by atoms with Gasteiger partial charge in [-0.25, -0.2) is 0 Å². The first kappa shape index (κ1) is 47.7. The lowest BCUT2D eigenvalue weighted by Crippen LogP contribution is -2.60. The Morgan fingerprint density at radius 3 is 1.19 bits per heavy atom. The molecule has 0 amide bonds. The van der Waals surface area contributed by atoms with Crippen LogP contribution in [0.1, 0.15) is 58.2 Å². The van der Waals surface area contributed by atoms with Crippen LogP contribution in [-0.2, 0) is 10.8 Å². The number of fused-ring (bicyclic) bond motifs is 10. The van der Waals surface area contributed by atoms with Gasteiger partial charge in [0.1, 0.15) is 0 Å². The molecule has 2 aliphatic rings. The molecule has 0 saturated heterocycles. The first-order valence-corrected chi connectivity index (χ1v) is 30.3. The van der Waals surface area contributed by atoms with Gasteiger partial charge in [0, 0.05) is 51.1 Å². The van der Waals surface area contributed by atoms with Crippen LogP contribution >= 0.6 is 45.3 Å². The highest BCUT2D eigenvalue weighted by atomic mass is 32.1. The molecule has 0 radical (unpaired) electrons. The molecule has 0 atom stereocenters. The molecule has 0 aliphatic carbocycles. The summed E-state index contributed by atoms with van der Waals surface area (Å²) in [5.74, 6) is 0. The van der Waals surface area contributed by atoms with Gasteiger partial charge >= 0.3 is 0 Å². The molecule has 0 N–H and O–H groups in total. The third-order valence-electron chi connectivity index (χ3n) is 16.2. The molecule has 376 valence electrons. The maximum atomic E-state index is 2.68. The van der Waals surface area contributed by atoms with Gasteiger partial charge in [-0.15, -0.1) is 45.3 Å². The summed E-state index contributed by atoms with van der Waals surface area (Å²) in [6.45, 7) is 16.4. The number of anilines is 6. The van der Waals surface area contributed by atoms with Crippen LogP contribution in [0.2, 0.25) is 0 Å². The first-order valence-electron chi connectivity index (χ1n) is 27.1. The second-order valence-electron chi connectivity index (χ2n) is 23.4. The monoisotopic (exact) mass is 1070 g/mol. The van der Waals surface area contributed by atoms with E-state index in [1.165, 1.54) is 149 Å². The number of thiophene rings is 4. The fourth-order valence-electron chi connectivity index (χ4n) is 12.3. The average molecular weight is 1080 g/mol. The van der Waals surface area contributed by atoms with Crippen LogP contribution in [0.3, 0.4) is 0 Å². The molecular formula is C71H55BN2S4. The minimum Gasteiger partial charge on any atom is -0.302 e. The maximum Gasteiger partial charge on any atom is 0.256 e. The van der Waals surface area contributed by atoms with Crippen molar-refractivity contribution in [2.75, 3.05) is 9.80 Å². The van der Waals surface area contributed by atoms with Crippen LogP contribution in [0.25, 0.3) is 83.5 Å². The molecule has 9 aromatic carbocycles. The highest BCUT2D eigenvalue weighted by Gasteiger charge is 2.48. The van der Waals surface area contributed by atoms with Crippen LogP contribution in [0.15, 0.2) is 206 Å². The minimum atomic E-state index is -0.0444. The molecule has 0 spiro atoms. The van der Waals surface area contributed by atoms with E-state index in [0.717, 1.165) is 0 Å². The van der Waals surface area contributed by atoms with Gasteiger partial charge < -0.3 is 9.80 Å². The number of aryl methyl sites for hydroxylation is 1. The second-order valence-corrected chi connectivity index (χ2v) is 27.6. The fourth-order valence-corrected chi connectivity index (χ4v) is 16.9. The highest BCUT2D eigenvalue weighted by molar-refractivity contribution is 7.29. The topological polar surface area (TPSA) is 6.48 Å². The average Bonchev–Trinajstić information content (AvgIpc) is 4.15. The van der Waals surface area contributed by atoms with Crippen molar-refractivity contribution in [2.24, 2.45) is 0 Å². The van der Waals surface area contributed by atoms with Crippen LogP contribution in [0.5, 0.6) is 0 Å². The Hall–Kier alpha value is -7.52. The second kappa shape index (κ2) is 17.8. The number of hydrogen-bond donors (Lipinski definition) is 0. The van der Waals surface area contributed by atoms with Gasteiger partial charge in [-0.3, -0.25) is 0 Å². The Labute approximate surface area is 473 Å². The molecular weight excluding hydrogens is 1020 g/mol. The summed E-state index contributed by atoms with van der Waals surface area (Å²) in [7, 11) is 0. The van der Waals surface area contributed by atoms with Crippen molar-refractivity contribution in [3.05, 3.63) is 223 Å². The molecule has 0 unspecified atom stereocenters. The minimum absolute atomic E-state index is 0.0402. The normalized spacial score (nSPS) is 13.2. The molecule has 0 bridgehead atoms. The predicted octanol–water partition coefficient (Wildman–Crippen LogP) is 20.2. The van der Waals surface area contributed by atoms with E-state index in [1.54, 1.807) is 0 Å². The summed E-state index contributed by atoms with van der Waals surface area (Å²) in [4.78, 5) is 7.91. The molecule has 2 nitrogen and oxygen atoms in total. The predicted molar refractivity (Wildman–Crippen MR) is 346 cm³/mol. The van der Waals surface area contributed by atoms with Crippen LogP contribution in [0, 0.1) is 6.92 Å². The number of rotatable bonds is 6. The Bertz CT molecular complexity index is 4210. The lowest BCUT2D eigenvalue weighted by atomic mass is 9.33. The van der Waals surface area contributed by atoms with Crippen LogP contribution in [-0.4, -0.2) is 6.71 Å². The molecule has 7 heteroatoms. The van der Waals surface area contributed by atoms with E-state index in [-0.39, 0.29) is 17.5 Å². The van der Waals surface area contributed by atoms with Gasteiger partial charge in [0.05, 0.1) is 21.4 Å². The third kappa shape index (κ3) is 7.61. The van der Waals surface area contributed by atoms with E-state index >= 15 is 0 Å². The van der Waals surface area contributed by atoms with Gasteiger partial charge in [-0.1, -0.05) is 175 Å². The largest absolute Gasteiger partial charge is 0.302 e. The van der Waals surface area contributed by atoms with Crippen molar-refractivity contribution in [1.29, 1.82) is 0 Å². The Balaban J connectivity index is 1.05. The molecule has 78 heavy (non-hydrogen) atoms. The summed E-state index contributed by atoms with van der Waals surface area (Å²) in [5, 5.41) is 7.85. The quantitative estimate of drug-likeness (QED) is 0.153. The van der Waals surface area contributed by atoms with E-state index in [4.69, 9.17) is 0 Å². The van der Waals surface area contributed by atoms with Gasteiger partial charge in [0.25, 0.3) is 6.71 Å². The Morgan fingerprint density at radius 1 is 0.346 bits per heavy atom. The molecule has 2 aliphatic heterocycles. The van der Waals surface area contributed by atoms with Gasteiger partial charge in [0.2, 0.25) is 0 Å². The van der Waals surface area contributed by atoms with E-state index in [1.807, 2.05) is 45.3 Å². The van der Waals surface area contributed by atoms with E-state index in [2.05, 4.69) is 265 Å². The fraction of sp³-hybridized carbons (Fsp3) is 0.127. The smallest absolute Gasteiger partial charge is 0.256 e. The Morgan fingerprint density at radius 2 is 0.769 bits per heavy atom. The van der Waals surface area contributed by atoms with E-state index < -0.39 is 0 Å². The summed E-state index contributed by atoms with van der Waals surface area (Å²) in [6.07, 6.45) is 0. The Kier molecular flexibility index (Phi) is 10.9. The zero-order valence-corrected chi connectivity index (χ0v) is 48.0.